The standard InChI is InChI=1S/C15H17NOS/c1-2-14(12-7-4-3-5-8-12)16-15(17)11-13-9-6-10-18-13/h3-10,14H,2,11H2,1H3,(H,16,17)/t14-/m0/s1. The predicted octanol–water partition coefficient (Wildman–Crippen LogP) is 3.56. The van der Waals surface area contributed by atoms with E-state index >= 15 is 0 Å². The minimum absolute atomic E-state index is 0.0909. The monoisotopic (exact) mass is 259 g/mol. The SMILES string of the molecule is CC[C@H](NC(=O)Cc1cccs1)c1ccccc1. The van der Waals surface area contributed by atoms with Gasteiger partial charge in [-0.25, -0.2) is 0 Å². The van der Waals surface area contributed by atoms with E-state index in [0.29, 0.717) is 6.42 Å². The highest BCUT2D eigenvalue weighted by molar-refractivity contribution is 7.10. The fourth-order valence-corrected chi connectivity index (χ4v) is 2.63. The van der Waals surface area contributed by atoms with Gasteiger partial charge in [0.15, 0.2) is 0 Å². The minimum Gasteiger partial charge on any atom is -0.349 e. The average molecular weight is 259 g/mol. The van der Waals surface area contributed by atoms with Crippen molar-refractivity contribution in [1.82, 2.24) is 5.32 Å². The molecule has 1 aromatic carbocycles. The van der Waals surface area contributed by atoms with Crippen LogP contribution in [0, 0.1) is 0 Å². The van der Waals surface area contributed by atoms with Crippen molar-refractivity contribution in [3.63, 3.8) is 0 Å². The quantitative estimate of drug-likeness (QED) is 0.874. The van der Waals surface area contributed by atoms with E-state index < -0.39 is 0 Å². The second-order valence-corrected chi connectivity index (χ2v) is 5.23. The van der Waals surface area contributed by atoms with Crippen LogP contribution in [-0.4, -0.2) is 5.91 Å². The summed E-state index contributed by atoms with van der Waals surface area (Å²) < 4.78 is 0. The van der Waals surface area contributed by atoms with Crippen LogP contribution in [0.2, 0.25) is 0 Å². The van der Waals surface area contributed by atoms with Crippen LogP contribution in [0.3, 0.4) is 0 Å². The third kappa shape index (κ3) is 3.44. The van der Waals surface area contributed by atoms with Crippen LogP contribution in [0.25, 0.3) is 0 Å². The molecular weight excluding hydrogens is 242 g/mol. The molecule has 1 N–H and O–H groups in total. The molecule has 0 saturated carbocycles. The Morgan fingerprint density at radius 1 is 1.22 bits per heavy atom. The van der Waals surface area contributed by atoms with Crippen LogP contribution in [-0.2, 0) is 11.2 Å². The summed E-state index contributed by atoms with van der Waals surface area (Å²) in [7, 11) is 0. The lowest BCUT2D eigenvalue weighted by atomic mass is 10.0. The molecule has 0 spiro atoms. The van der Waals surface area contributed by atoms with Crippen LogP contribution >= 0.6 is 11.3 Å². The largest absolute Gasteiger partial charge is 0.349 e. The van der Waals surface area contributed by atoms with Crippen molar-refractivity contribution >= 4 is 17.2 Å². The van der Waals surface area contributed by atoms with Crippen molar-refractivity contribution in [3.8, 4) is 0 Å². The number of hydrogen-bond donors (Lipinski definition) is 1. The number of amides is 1. The Morgan fingerprint density at radius 2 is 2.00 bits per heavy atom. The molecule has 1 atom stereocenters. The summed E-state index contributed by atoms with van der Waals surface area (Å²) in [5, 5.41) is 5.09. The van der Waals surface area contributed by atoms with Gasteiger partial charge in [0.2, 0.25) is 5.91 Å². The van der Waals surface area contributed by atoms with E-state index in [0.717, 1.165) is 11.3 Å². The molecule has 2 aromatic rings. The van der Waals surface area contributed by atoms with Gasteiger partial charge in [-0.2, -0.15) is 0 Å². The van der Waals surface area contributed by atoms with E-state index in [9.17, 15) is 4.79 Å². The van der Waals surface area contributed by atoms with E-state index in [2.05, 4.69) is 24.4 Å². The minimum atomic E-state index is 0.0909. The fraction of sp³-hybridized carbons (Fsp3) is 0.267. The molecule has 0 saturated heterocycles. The van der Waals surface area contributed by atoms with Gasteiger partial charge in [-0.3, -0.25) is 4.79 Å². The van der Waals surface area contributed by atoms with Crippen LogP contribution in [0.1, 0.15) is 29.8 Å². The van der Waals surface area contributed by atoms with Crippen LogP contribution < -0.4 is 5.32 Å². The topological polar surface area (TPSA) is 29.1 Å². The smallest absolute Gasteiger partial charge is 0.225 e. The molecule has 0 aliphatic rings. The first-order chi connectivity index (χ1) is 8.79. The van der Waals surface area contributed by atoms with E-state index in [1.807, 2.05) is 35.7 Å². The number of nitrogens with one attached hydrogen (secondary N) is 1. The summed E-state index contributed by atoms with van der Waals surface area (Å²) in [4.78, 5) is 13.1. The van der Waals surface area contributed by atoms with Crippen LogP contribution in [0.5, 0.6) is 0 Å². The molecule has 0 unspecified atom stereocenters. The number of rotatable bonds is 5. The molecule has 2 nitrogen and oxygen atoms in total. The van der Waals surface area contributed by atoms with Gasteiger partial charge in [0, 0.05) is 4.88 Å². The van der Waals surface area contributed by atoms with Gasteiger partial charge < -0.3 is 5.32 Å². The van der Waals surface area contributed by atoms with Crippen LogP contribution in [0.4, 0.5) is 0 Å². The highest BCUT2D eigenvalue weighted by Gasteiger charge is 2.12. The molecular formula is C15H17NOS. The first-order valence-corrected chi connectivity index (χ1v) is 7.04. The molecule has 1 heterocycles. The zero-order valence-corrected chi connectivity index (χ0v) is 11.2. The Morgan fingerprint density at radius 3 is 2.61 bits per heavy atom. The highest BCUT2D eigenvalue weighted by atomic mass is 32.1. The van der Waals surface area contributed by atoms with Crippen molar-refractivity contribution in [2.24, 2.45) is 0 Å². The van der Waals surface area contributed by atoms with Gasteiger partial charge in [0.1, 0.15) is 0 Å². The lowest BCUT2D eigenvalue weighted by molar-refractivity contribution is -0.121. The first kappa shape index (κ1) is 12.8. The molecule has 0 fully saturated rings. The maximum absolute atomic E-state index is 11.9. The summed E-state index contributed by atoms with van der Waals surface area (Å²) in [6.45, 7) is 2.09. The second kappa shape index (κ2) is 6.36. The molecule has 1 amide bonds. The molecule has 18 heavy (non-hydrogen) atoms. The van der Waals surface area contributed by atoms with Crippen molar-refractivity contribution in [2.75, 3.05) is 0 Å². The molecule has 0 aliphatic heterocycles. The molecule has 1 aromatic heterocycles. The Bertz CT molecular complexity index is 478. The highest BCUT2D eigenvalue weighted by Crippen LogP contribution is 2.16. The van der Waals surface area contributed by atoms with E-state index in [-0.39, 0.29) is 11.9 Å². The molecule has 2 rings (SSSR count). The lowest BCUT2D eigenvalue weighted by Gasteiger charge is -2.17. The maximum atomic E-state index is 11.9. The van der Waals surface area contributed by atoms with E-state index in [1.165, 1.54) is 5.56 Å². The number of thiophene rings is 1. The Kier molecular flexibility index (Phi) is 4.53. The van der Waals surface area contributed by atoms with Crippen molar-refractivity contribution in [2.45, 2.75) is 25.8 Å². The first-order valence-electron chi connectivity index (χ1n) is 6.16. The third-order valence-corrected chi connectivity index (χ3v) is 3.74. The zero-order chi connectivity index (χ0) is 12.8. The van der Waals surface area contributed by atoms with Gasteiger partial charge in [0.25, 0.3) is 0 Å². The average Bonchev–Trinajstić information content (AvgIpc) is 2.90. The van der Waals surface area contributed by atoms with Gasteiger partial charge >= 0.3 is 0 Å². The summed E-state index contributed by atoms with van der Waals surface area (Å²) in [6.07, 6.45) is 1.38. The van der Waals surface area contributed by atoms with Crippen molar-refractivity contribution < 1.29 is 4.79 Å². The Balaban J connectivity index is 1.96. The Hall–Kier alpha value is -1.61. The van der Waals surface area contributed by atoms with E-state index in [4.69, 9.17) is 0 Å². The van der Waals surface area contributed by atoms with Gasteiger partial charge in [-0.1, -0.05) is 43.3 Å². The molecule has 94 valence electrons. The van der Waals surface area contributed by atoms with E-state index in [1.54, 1.807) is 11.3 Å². The molecule has 0 radical (unpaired) electrons. The summed E-state index contributed by atoms with van der Waals surface area (Å²) >= 11 is 1.62. The summed E-state index contributed by atoms with van der Waals surface area (Å²) in [5.74, 6) is 0.0909. The second-order valence-electron chi connectivity index (χ2n) is 4.20. The number of carbonyl (C=O) groups excluding carboxylic acids is 1. The number of carbonyl (C=O) groups is 1. The van der Waals surface area contributed by atoms with Gasteiger partial charge in [-0.15, -0.1) is 11.3 Å². The normalized spacial score (nSPS) is 12.1. The molecule has 0 aliphatic carbocycles. The van der Waals surface area contributed by atoms with Crippen molar-refractivity contribution in [3.05, 3.63) is 58.3 Å². The fourth-order valence-electron chi connectivity index (χ4n) is 1.92. The van der Waals surface area contributed by atoms with Crippen LogP contribution in [0.15, 0.2) is 47.8 Å². The lowest BCUT2D eigenvalue weighted by Crippen LogP contribution is -2.29. The number of benzene rings is 1. The summed E-state index contributed by atoms with van der Waals surface area (Å²) in [6, 6.07) is 14.2. The summed E-state index contributed by atoms with van der Waals surface area (Å²) in [5.41, 5.74) is 1.17. The molecule has 3 heteroatoms. The number of hydrogen-bond acceptors (Lipinski definition) is 2. The predicted molar refractivity (Wildman–Crippen MR) is 75.6 cm³/mol. The van der Waals surface area contributed by atoms with Gasteiger partial charge in [0.05, 0.1) is 12.5 Å². The van der Waals surface area contributed by atoms with Crippen molar-refractivity contribution in [1.29, 1.82) is 0 Å². The molecule has 0 bridgehead atoms. The van der Waals surface area contributed by atoms with Gasteiger partial charge in [-0.05, 0) is 23.4 Å². The third-order valence-electron chi connectivity index (χ3n) is 2.86. The maximum Gasteiger partial charge on any atom is 0.225 e. The zero-order valence-electron chi connectivity index (χ0n) is 10.4. The Labute approximate surface area is 112 Å².